The van der Waals surface area contributed by atoms with Gasteiger partial charge in [0.2, 0.25) is 0 Å². The topological polar surface area (TPSA) is 53.9 Å². The Labute approximate surface area is 130 Å². The van der Waals surface area contributed by atoms with Crippen LogP contribution in [0.25, 0.3) is 0 Å². The normalized spacial score (nSPS) is 16.5. The SMILES string of the molecule is CN=C(NCc1ccc(F)cc1)N1CCC(C(=O)OC)CC1. The van der Waals surface area contributed by atoms with Crippen LogP contribution in [0.2, 0.25) is 0 Å². The van der Waals surface area contributed by atoms with Crippen molar-refractivity contribution in [1.82, 2.24) is 10.2 Å². The Bertz CT molecular complexity index is 523. The van der Waals surface area contributed by atoms with Crippen LogP contribution in [0.15, 0.2) is 29.3 Å². The average Bonchev–Trinajstić information content (AvgIpc) is 2.57. The summed E-state index contributed by atoms with van der Waals surface area (Å²) in [4.78, 5) is 17.9. The Morgan fingerprint density at radius 1 is 1.36 bits per heavy atom. The van der Waals surface area contributed by atoms with Crippen LogP contribution in [0, 0.1) is 11.7 Å². The minimum absolute atomic E-state index is 0.0172. The zero-order valence-corrected chi connectivity index (χ0v) is 13.0. The highest BCUT2D eigenvalue weighted by molar-refractivity contribution is 5.80. The van der Waals surface area contributed by atoms with Crippen molar-refractivity contribution in [3.05, 3.63) is 35.6 Å². The molecule has 1 aliphatic heterocycles. The Hall–Kier alpha value is -2.11. The molecule has 1 aliphatic rings. The number of likely N-dealkylation sites (tertiary alicyclic amines) is 1. The zero-order chi connectivity index (χ0) is 15.9. The number of carbonyl (C=O) groups excluding carboxylic acids is 1. The second-order valence-corrected chi connectivity index (χ2v) is 5.31. The second-order valence-electron chi connectivity index (χ2n) is 5.31. The summed E-state index contributed by atoms with van der Waals surface area (Å²) in [7, 11) is 3.16. The first-order valence-electron chi connectivity index (χ1n) is 7.42. The molecule has 0 aromatic heterocycles. The van der Waals surface area contributed by atoms with Gasteiger partial charge in [0.05, 0.1) is 13.0 Å². The van der Waals surface area contributed by atoms with Crippen LogP contribution in [0.3, 0.4) is 0 Å². The molecular weight excluding hydrogens is 285 g/mol. The Balaban J connectivity index is 1.85. The molecule has 22 heavy (non-hydrogen) atoms. The van der Waals surface area contributed by atoms with E-state index >= 15 is 0 Å². The van der Waals surface area contributed by atoms with E-state index < -0.39 is 0 Å². The number of nitrogens with one attached hydrogen (secondary N) is 1. The van der Waals surface area contributed by atoms with Gasteiger partial charge in [0.25, 0.3) is 0 Å². The summed E-state index contributed by atoms with van der Waals surface area (Å²) in [6.45, 7) is 2.12. The highest BCUT2D eigenvalue weighted by atomic mass is 19.1. The largest absolute Gasteiger partial charge is 0.469 e. The molecule has 0 radical (unpaired) electrons. The number of methoxy groups -OCH3 is 1. The highest BCUT2D eigenvalue weighted by Crippen LogP contribution is 2.18. The molecule has 2 rings (SSSR count). The predicted octanol–water partition coefficient (Wildman–Crippen LogP) is 1.79. The summed E-state index contributed by atoms with van der Waals surface area (Å²) in [6.07, 6.45) is 1.54. The van der Waals surface area contributed by atoms with Crippen LogP contribution in [0.5, 0.6) is 0 Å². The summed E-state index contributed by atoms with van der Waals surface area (Å²) in [5.74, 6) is 0.413. The van der Waals surface area contributed by atoms with Crippen molar-refractivity contribution in [2.45, 2.75) is 19.4 Å². The van der Waals surface area contributed by atoms with Gasteiger partial charge in [-0.25, -0.2) is 4.39 Å². The van der Waals surface area contributed by atoms with Gasteiger partial charge in [0, 0.05) is 26.7 Å². The van der Waals surface area contributed by atoms with Crippen LogP contribution in [-0.2, 0) is 16.1 Å². The molecule has 120 valence electrons. The minimum Gasteiger partial charge on any atom is -0.469 e. The van der Waals surface area contributed by atoms with Crippen molar-refractivity contribution in [2.75, 3.05) is 27.2 Å². The van der Waals surface area contributed by atoms with Gasteiger partial charge in [-0.3, -0.25) is 9.79 Å². The summed E-state index contributed by atoms with van der Waals surface area (Å²) in [6, 6.07) is 6.39. The van der Waals surface area contributed by atoms with Crippen molar-refractivity contribution in [2.24, 2.45) is 10.9 Å². The molecule has 1 N–H and O–H groups in total. The van der Waals surface area contributed by atoms with Crippen LogP contribution < -0.4 is 5.32 Å². The molecule has 1 heterocycles. The third kappa shape index (κ3) is 4.19. The lowest BCUT2D eigenvalue weighted by Gasteiger charge is -2.33. The molecule has 1 aromatic carbocycles. The van der Waals surface area contributed by atoms with E-state index in [1.165, 1.54) is 19.2 Å². The third-order valence-corrected chi connectivity index (χ3v) is 3.90. The van der Waals surface area contributed by atoms with Gasteiger partial charge in [0.1, 0.15) is 5.82 Å². The lowest BCUT2D eigenvalue weighted by molar-refractivity contribution is -0.146. The molecule has 0 saturated carbocycles. The first-order valence-corrected chi connectivity index (χ1v) is 7.42. The molecule has 6 heteroatoms. The van der Waals surface area contributed by atoms with E-state index in [-0.39, 0.29) is 17.7 Å². The number of halogens is 1. The van der Waals surface area contributed by atoms with Gasteiger partial charge < -0.3 is 15.0 Å². The number of nitrogens with zero attached hydrogens (tertiary/aromatic N) is 2. The Morgan fingerprint density at radius 2 is 2.00 bits per heavy atom. The summed E-state index contributed by atoms with van der Waals surface area (Å²) in [5.41, 5.74) is 0.993. The van der Waals surface area contributed by atoms with Gasteiger partial charge in [-0.15, -0.1) is 0 Å². The number of hydrogen-bond acceptors (Lipinski definition) is 3. The van der Waals surface area contributed by atoms with Crippen molar-refractivity contribution in [1.29, 1.82) is 0 Å². The van der Waals surface area contributed by atoms with Gasteiger partial charge >= 0.3 is 5.97 Å². The molecule has 5 nitrogen and oxygen atoms in total. The molecule has 0 atom stereocenters. The number of piperidine rings is 1. The maximum Gasteiger partial charge on any atom is 0.308 e. The quantitative estimate of drug-likeness (QED) is 0.525. The predicted molar refractivity (Wildman–Crippen MR) is 82.9 cm³/mol. The third-order valence-electron chi connectivity index (χ3n) is 3.90. The number of esters is 1. The zero-order valence-electron chi connectivity index (χ0n) is 13.0. The fraction of sp³-hybridized carbons (Fsp3) is 0.500. The standard InChI is InChI=1S/C16H22FN3O2/c1-18-16(19-11-12-3-5-14(17)6-4-12)20-9-7-13(8-10-20)15(21)22-2/h3-6,13H,7-11H2,1-2H3,(H,18,19). The van der Waals surface area contributed by atoms with Crippen LogP contribution >= 0.6 is 0 Å². The second kappa shape index (κ2) is 7.77. The maximum atomic E-state index is 12.9. The molecule has 0 spiro atoms. The molecule has 1 fully saturated rings. The Morgan fingerprint density at radius 3 is 2.55 bits per heavy atom. The highest BCUT2D eigenvalue weighted by Gasteiger charge is 2.26. The summed E-state index contributed by atoms with van der Waals surface area (Å²) < 4.78 is 17.7. The van der Waals surface area contributed by atoms with Crippen molar-refractivity contribution >= 4 is 11.9 Å². The number of hydrogen-bond donors (Lipinski definition) is 1. The lowest BCUT2D eigenvalue weighted by atomic mass is 9.97. The van der Waals surface area contributed by atoms with E-state index in [1.54, 1.807) is 19.2 Å². The van der Waals surface area contributed by atoms with E-state index in [9.17, 15) is 9.18 Å². The minimum atomic E-state index is -0.238. The number of aliphatic imine (C=N–C) groups is 1. The van der Waals surface area contributed by atoms with Gasteiger partial charge in [-0.1, -0.05) is 12.1 Å². The number of carbonyl (C=O) groups is 1. The molecule has 0 bridgehead atoms. The summed E-state index contributed by atoms with van der Waals surface area (Å²) >= 11 is 0. The lowest BCUT2D eigenvalue weighted by Crippen LogP contribution is -2.46. The number of ether oxygens (including phenoxy) is 1. The van der Waals surface area contributed by atoms with Gasteiger partial charge in [0.15, 0.2) is 5.96 Å². The molecule has 0 amide bonds. The van der Waals surface area contributed by atoms with E-state index in [0.29, 0.717) is 6.54 Å². The smallest absolute Gasteiger partial charge is 0.308 e. The number of benzene rings is 1. The first kappa shape index (κ1) is 16.3. The van der Waals surface area contributed by atoms with Gasteiger partial charge in [-0.05, 0) is 30.5 Å². The fourth-order valence-corrected chi connectivity index (χ4v) is 2.61. The molecular formula is C16H22FN3O2. The Kier molecular flexibility index (Phi) is 5.75. The number of rotatable bonds is 3. The monoisotopic (exact) mass is 307 g/mol. The fourth-order valence-electron chi connectivity index (χ4n) is 2.61. The van der Waals surface area contributed by atoms with E-state index in [2.05, 4.69) is 15.2 Å². The van der Waals surface area contributed by atoms with Crippen LogP contribution in [0.1, 0.15) is 18.4 Å². The molecule has 1 saturated heterocycles. The van der Waals surface area contributed by atoms with Crippen molar-refractivity contribution < 1.29 is 13.9 Å². The van der Waals surface area contributed by atoms with Crippen LogP contribution in [-0.4, -0.2) is 44.1 Å². The van der Waals surface area contributed by atoms with E-state index in [0.717, 1.165) is 37.5 Å². The summed E-state index contributed by atoms with van der Waals surface area (Å²) in [5, 5.41) is 3.27. The first-order chi connectivity index (χ1) is 10.6. The van der Waals surface area contributed by atoms with Gasteiger partial charge in [-0.2, -0.15) is 0 Å². The molecule has 0 unspecified atom stereocenters. The van der Waals surface area contributed by atoms with Crippen molar-refractivity contribution in [3.63, 3.8) is 0 Å². The molecule has 0 aliphatic carbocycles. The van der Waals surface area contributed by atoms with Crippen molar-refractivity contribution in [3.8, 4) is 0 Å². The van der Waals surface area contributed by atoms with Crippen LogP contribution in [0.4, 0.5) is 4.39 Å². The average molecular weight is 307 g/mol. The van der Waals surface area contributed by atoms with E-state index in [4.69, 9.17) is 4.74 Å². The van der Waals surface area contributed by atoms with E-state index in [1.807, 2.05) is 0 Å². The number of guanidine groups is 1. The maximum absolute atomic E-state index is 12.9. The molecule has 1 aromatic rings.